The molecule has 122 valence electrons. The van der Waals surface area contributed by atoms with E-state index >= 15 is 0 Å². The highest BCUT2D eigenvalue weighted by molar-refractivity contribution is 5.90. The molecule has 1 aliphatic rings. The Morgan fingerprint density at radius 1 is 1.23 bits per heavy atom. The molecule has 22 heavy (non-hydrogen) atoms. The number of carbonyl (C=O) groups excluding carboxylic acids is 1. The molecule has 0 unspecified atom stereocenters. The van der Waals surface area contributed by atoms with E-state index in [0.717, 1.165) is 26.3 Å². The van der Waals surface area contributed by atoms with Gasteiger partial charge in [0.25, 0.3) is 0 Å². The number of ether oxygens (including phenoxy) is 4. The standard InChI is InChI=1S/C16H23NO5/c1-12(11-17-6-8-21-9-7-17)22-16(18)13-4-5-14(19-2)15(10-13)20-3/h4-5,10,12H,6-9,11H2,1-3H3/t12-/m1/s1. The molecule has 1 atom stereocenters. The highest BCUT2D eigenvalue weighted by Crippen LogP contribution is 2.27. The molecule has 0 bridgehead atoms. The predicted octanol–water partition coefficient (Wildman–Crippen LogP) is 1.58. The predicted molar refractivity (Wildman–Crippen MR) is 81.7 cm³/mol. The molecule has 6 heteroatoms. The molecule has 1 aromatic rings. The molecule has 0 N–H and O–H groups in total. The van der Waals surface area contributed by atoms with Gasteiger partial charge in [-0.1, -0.05) is 0 Å². The van der Waals surface area contributed by atoms with Gasteiger partial charge >= 0.3 is 5.97 Å². The Balaban J connectivity index is 1.93. The first kappa shape index (κ1) is 16.6. The fourth-order valence-corrected chi connectivity index (χ4v) is 2.40. The van der Waals surface area contributed by atoms with Gasteiger partial charge < -0.3 is 18.9 Å². The first-order valence-corrected chi connectivity index (χ1v) is 7.37. The van der Waals surface area contributed by atoms with Crippen LogP contribution in [-0.2, 0) is 9.47 Å². The third-order valence-corrected chi connectivity index (χ3v) is 3.55. The summed E-state index contributed by atoms with van der Waals surface area (Å²) >= 11 is 0. The first-order chi connectivity index (χ1) is 10.6. The average molecular weight is 309 g/mol. The van der Waals surface area contributed by atoms with Crippen LogP contribution < -0.4 is 9.47 Å². The van der Waals surface area contributed by atoms with Crippen molar-refractivity contribution in [3.05, 3.63) is 23.8 Å². The molecule has 0 amide bonds. The van der Waals surface area contributed by atoms with Crippen molar-refractivity contribution in [1.29, 1.82) is 0 Å². The van der Waals surface area contributed by atoms with Crippen LogP contribution in [-0.4, -0.2) is 64.0 Å². The summed E-state index contributed by atoms with van der Waals surface area (Å²) in [5.74, 6) is 0.736. The Morgan fingerprint density at radius 2 is 1.91 bits per heavy atom. The number of carbonyl (C=O) groups is 1. The fraction of sp³-hybridized carbons (Fsp3) is 0.562. The summed E-state index contributed by atoms with van der Waals surface area (Å²) in [5.41, 5.74) is 0.450. The third-order valence-electron chi connectivity index (χ3n) is 3.55. The van der Waals surface area contributed by atoms with E-state index in [2.05, 4.69) is 4.90 Å². The van der Waals surface area contributed by atoms with Crippen molar-refractivity contribution >= 4 is 5.97 Å². The van der Waals surface area contributed by atoms with Crippen LogP contribution in [0.1, 0.15) is 17.3 Å². The lowest BCUT2D eigenvalue weighted by molar-refractivity contribution is 0.000428. The minimum Gasteiger partial charge on any atom is -0.493 e. The van der Waals surface area contributed by atoms with Gasteiger partial charge in [-0.3, -0.25) is 4.90 Å². The normalized spacial score (nSPS) is 16.9. The Kier molecular flexibility index (Phi) is 6.03. The zero-order valence-electron chi connectivity index (χ0n) is 13.3. The van der Waals surface area contributed by atoms with Gasteiger partial charge in [-0.2, -0.15) is 0 Å². The largest absolute Gasteiger partial charge is 0.493 e. The van der Waals surface area contributed by atoms with Crippen LogP contribution in [0, 0.1) is 0 Å². The van der Waals surface area contributed by atoms with Gasteiger partial charge in [-0.15, -0.1) is 0 Å². The Bertz CT molecular complexity index is 499. The van der Waals surface area contributed by atoms with E-state index in [4.69, 9.17) is 18.9 Å². The van der Waals surface area contributed by atoms with Gasteiger partial charge in [-0.05, 0) is 25.1 Å². The highest BCUT2D eigenvalue weighted by atomic mass is 16.5. The number of methoxy groups -OCH3 is 2. The van der Waals surface area contributed by atoms with Crippen LogP contribution in [0.5, 0.6) is 11.5 Å². The van der Waals surface area contributed by atoms with Crippen molar-refractivity contribution in [2.45, 2.75) is 13.0 Å². The molecule has 0 aromatic heterocycles. The topological polar surface area (TPSA) is 57.2 Å². The number of nitrogens with zero attached hydrogens (tertiary/aromatic N) is 1. The second kappa shape index (κ2) is 8.00. The number of benzene rings is 1. The van der Waals surface area contributed by atoms with Crippen molar-refractivity contribution in [3.63, 3.8) is 0 Å². The molecule has 1 fully saturated rings. The molecule has 0 aliphatic carbocycles. The van der Waals surface area contributed by atoms with Crippen molar-refractivity contribution in [2.24, 2.45) is 0 Å². The molecule has 1 aliphatic heterocycles. The number of rotatable bonds is 6. The van der Waals surface area contributed by atoms with Gasteiger partial charge in [0.15, 0.2) is 11.5 Å². The Labute approximate surface area is 130 Å². The van der Waals surface area contributed by atoms with E-state index in [1.165, 1.54) is 7.11 Å². The zero-order valence-corrected chi connectivity index (χ0v) is 13.3. The molecule has 6 nitrogen and oxygen atoms in total. The maximum atomic E-state index is 12.2. The van der Waals surface area contributed by atoms with Crippen LogP contribution in [0.4, 0.5) is 0 Å². The first-order valence-electron chi connectivity index (χ1n) is 7.37. The van der Waals surface area contributed by atoms with E-state index in [0.29, 0.717) is 23.6 Å². The molecule has 2 rings (SSSR count). The minimum absolute atomic E-state index is 0.182. The van der Waals surface area contributed by atoms with Crippen molar-refractivity contribution in [2.75, 3.05) is 47.1 Å². The Morgan fingerprint density at radius 3 is 2.55 bits per heavy atom. The van der Waals surface area contributed by atoms with E-state index in [1.54, 1.807) is 25.3 Å². The average Bonchev–Trinajstić information content (AvgIpc) is 2.54. The summed E-state index contributed by atoms with van der Waals surface area (Å²) in [6, 6.07) is 5.00. The van der Waals surface area contributed by atoms with E-state index in [9.17, 15) is 4.79 Å². The number of morpholine rings is 1. The quantitative estimate of drug-likeness (QED) is 0.744. The molecule has 0 spiro atoms. The maximum absolute atomic E-state index is 12.2. The van der Waals surface area contributed by atoms with Gasteiger partial charge in [0, 0.05) is 19.6 Å². The minimum atomic E-state index is -0.360. The molecule has 1 heterocycles. The summed E-state index contributed by atoms with van der Waals surface area (Å²) in [5, 5.41) is 0. The molecule has 1 saturated heterocycles. The monoisotopic (exact) mass is 309 g/mol. The molecular weight excluding hydrogens is 286 g/mol. The van der Waals surface area contributed by atoms with Gasteiger partial charge in [-0.25, -0.2) is 4.79 Å². The summed E-state index contributed by atoms with van der Waals surface area (Å²) in [7, 11) is 3.09. The van der Waals surface area contributed by atoms with Gasteiger partial charge in [0.05, 0.1) is 33.0 Å². The fourth-order valence-electron chi connectivity index (χ4n) is 2.40. The lowest BCUT2D eigenvalue weighted by atomic mass is 10.2. The van der Waals surface area contributed by atoms with Crippen LogP contribution in [0.2, 0.25) is 0 Å². The summed E-state index contributed by atoms with van der Waals surface area (Å²) in [6.07, 6.45) is -0.182. The summed E-state index contributed by atoms with van der Waals surface area (Å²) in [4.78, 5) is 14.4. The molecule has 0 saturated carbocycles. The molecular formula is C16H23NO5. The van der Waals surface area contributed by atoms with Crippen molar-refractivity contribution in [1.82, 2.24) is 4.90 Å². The number of esters is 1. The molecule has 1 aromatic carbocycles. The maximum Gasteiger partial charge on any atom is 0.338 e. The SMILES string of the molecule is COc1ccc(C(=O)O[C@H](C)CN2CCOCC2)cc1OC. The van der Waals surface area contributed by atoms with Crippen LogP contribution in [0.25, 0.3) is 0 Å². The van der Waals surface area contributed by atoms with Crippen LogP contribution in [0.3, 0.4) is 0 Å². The summed E-state index contributed by atoms with van der Waals surface area (Å²) in [6.45, 7) is 5.82. The van der Waals surface area contributed by atoms with Crippen molar-refractivity contribution < 1.29 is 23.7 Å². The van der Waals surface area contributed by atoms with Gasteiger partial charge in [0.2, 0.25) is 0 Å². The van der Waals surface area contributed by atoms with E-state index < -0.39 is 0 Å². The van der Waals surface area contributed by atoms with Crippen LogP contribution in [0.15, 0.2) is 18.2 Å². The second-order valence-electron chi connectivity index (χ2n) is 5.20. The third kappa shape index (κ3) is 4.35. The van der Waals surface area contributed by atoms with E-state index in [-0.39, 0.29) is 12.1 Å². The van der Waals surface area contributed by atoms with Crippen molar-refractivity contribution in [3.8, 4) is 11.5 Å². The second-order valence-corrected chi connectivity index (χ2v) is 5.20. The van der Waals surface area contributed by atoms with Gasteiger partial charge in [0.1, 0.15) is 6.10 Å². The lowest BCUT2D eigenvalue weighted by Crippen LogP contribution is -2.41. The summed E-state index contributed by atoms with van der Waals surface area (Å²) < 4.78 is 21.2. The van der Waals surface area contributed by atoms with E-state index in [1.807, 2.05) is 6.92 Å². The lowest BCUT2D eigenvalue weighted by Gasteiger charge is -2.28. The van der Waals surface area contributed by atoms with Crippen LogP contribution >= 0.6 is 0 Å². The molecule has 0 radical (unpaired) electrons. The Hall–Kier alpha value is -1.79. The number of hydrogen-bond acceptors (Lipinski definition) is 6. The zero-order chi connectivity index (χ0) is 15.9. The highest BCUT2D eigenvalue weighted by Gasteiger charge is 2.18. The number of hydrogen-bond donors (Lipinski definition) is 0. The smallest absolute Gasteiger partial charge is 0.338 e.